The third kappa shape index (κ3) is 3.99. The number of nitrogens with zero attached hydrogens (tertiary/aromatic N) is 1. The van der Waals surface area contributed by atoms with E-state index in [0.717, 1.165) is 11.3 Å². The minimum absolute atomic E-state index is 0.0729. The Kier molecular flexibility index (Phi) is 5.66. The van der Waals surface area contributed by atoms with E-state index in [0.29, 0.717) is 16.7 Å². The van der Waals surface area contributed by atoms with Gasteiger partial charge in [0.1, 0.15) is 5.56 Å². The number of ether oxygens (including phenoxy) is 1. The molecule has 0 bridgehead atoms. The van der Waals surface area contributed by atoms with Crippen LogP contribution in [0.5, 0.6) is 5.75 Å². The monoisotopic (exact) mass is 376 g/mol. The van der Waals surface area contributed by atoms with E-state index < -0.39 is 11.5 Å². The number of amides is 1. The standard InChI is InChI=1S/C22H20N2O4/c1-24(2)18-11-5-4-8-15(18)10-7-13-23-21(25)17-14-16-9-6-12-19(27-3)20(16)28-22(17)26/h4-6,8-9,11-12,14H,13H2,1-3H3,(H,23,25). The Hall–Kier alpha value is -3.72. The van der Waals surface area contributed by atoms with Gasteiger partial charge in [0.05, 0.1) is 19.3 Å². The zero-order valence-electron chi connectivity index (χ0n) is 15.9. The number of hydrogen-bond donors (Lipinski definition) is 1. The number of fused-ring (bicyclic) bond motifs is 1. The Morgan fingerprint density at radius 2 is 1.96 bits per heavy atom. The van der Waals surface area contributed by atoms with Crippen LogP contribution in [0.25, 0.3) is 11.0 Å². The Balaban J connectivity index is 1.77. The molecule has 1 heterocycles. The Labute approximate surface area is 162 Å². The van der Waals surface area contributed by atoms with Crippen LogP contribution < -0.4 is 20.6 Å². The van der Waals surface area contributed by atoms with Crippen LogP contribution in [0.3, 0.4) is 0 Å². The highest BCUT2D eigenvalue weighted by atomic mass is 16.5. The van der Waals surface area contributed by atoms with Crippen LogP contribution in [0, 0.1) is 11.8 Å². The smallest absolute Gasteiger partial charge is 0.349 e. The van der Waals surface area contributed by atoms with Gasteiger partial charge in [-0.3, -0.25) is 4.79 Å². The van der Waals surface area contributed by atoms with Crippen LogP contribution in [-0.4, -0.2) is 33.7 Å². The second kappa shape index (κ2) is 8.31. The van der Waals surface area contributed by atoms with Crippen LogP contribution in [0.4, 0.5) is 5.69 Å². The molecule has 0 spiro atoms. The van der Waals surface area contributed by atoms with E-state index in [9.17, 15) is 9.59 Å². The highest BCUT2D eigenvalue weighted by Crippen LogP contribution is 2.24. The highest BCUT2D eigenvalue weighted by Gasteiger charge is 2.14. The molecule has 3 aromatic rings. The molecule has 1 aromatic heterocycles. The first-order valence-electron chi connectivity index (χ1n) is 8.65. The second-order valence-electron chi connectivity index (χ2n) is 6.22. The quantitative estimate of drug-likeness (QED) is 0.560. The molecule has 0 saturated carbocycles. The summed E-state index contributed by atoms with van der Waals surface area (Å²) in [6.07, 6.45) is 0. The Morgan fingerprint density at radius 1 is 1.18 bits per heavy atom. The number of rotatable bonds is 4. The van der Waals surface area contributed by atoms with Gasteiger partial charge in [0.15, 0.2) is 11.3 Å². The molecule has 28 heavy (non-hydrogen) atoms. The molecule has 1 amide bonds. The molecular weight excluding hydrogens is 356 g/mol. The summed E-state index contributed by atoms with van der Waals surface area (Å²) in [6.45, 7) is 0.107. The average Bonchev–Trinajstić information content (AvgIpc) is 2.70. The molecule has 6 nitrogen and oxygen atoms in total. The number of carbonyl (C=O) groups excluding carboxylic acids is 1. The van der Waals surface area contributed by atoms with Crippen molar-refractivity contribution in [2.24, 2.45) is 0 Å². The molecule has 0 radical (unpaired) electrons. The van der Waals surface area contributed by atoms with Crippen molar-refractivity contribution in [2.75, 3.05) is 32.6 Å². The molecule has 2 aromatic carbocycles. The van der Waals surface area contributed by atoms with Gasteiger partial charge in [-0.25, -0.2) is 4.79 Å². The highest BCUT2D eigenvalue weighted by molar-refractivity contribution is 5.97. The van der Waals surface area contributed by atoms with E-state index in [4.69, 9.17) is 9.15 Å². The third-order valence-electron chi connectivity index (χ3n) is 4.13. The van der Waals surface area contributed by atoms with Gasteiger partial charge in [0.25, 0.3) is 5.91 Å². The summed E-state index contributed by atoms with van der Waals surface area (Å²) in [4.78, 5) is 26.5. The van der Waals surface area contributed by atoms with E-state index in [-0.39, 0.29) is 12.1 Å². The van der Waals surface area contributed by atoms with Crippen molar-refractivity contribution < 1.29 is 13.9 Å². The molecule has 0 unspecified atom stereocenters. The van der Waals surface area contributed by atoms with Gasteiger partial charge in [-0.05, 0) is 24.3 Å². The molecular formula is C22H20N2O4. The van der Waals surface area contributed by atoms with Gasteiger partial charge >= 0.3 is 5.63 Å². The Morgan fingerprint density at radius 3 is 2.71 bits per heavy atom. The number of benzene rings is 2. The number of para-hydroxylation sites is 2. The second-order valence-corrected chi connectivity index (χ2v) is 6.22. The van der Waals surface area contributed by atoms with Gasteiger partial charge in [-0.2, -0.15) is 0 Å². The fraction of sp³-hybridized carbons (Fsp3) is 0.182. The molecule has 0 aliphatic heterocycles. The predicted molar refractivity (Wildman–Crippen MR) is 109 cm³/mol. The summed E-state index contributed by atoms with van der Waals surface area (Å²) < 4.78 is 10.4. The van der Waals surface area contributed by atoms with Gasteiger partial charge < -0.3 is 19.4 Å². The first kappa shape index (κ1) is 19.1. The van der Waals surface area contributed by atoms with Gasteiger partial charge in [-0.15, -0.1) is 0 Å². The van der Waals surface area contributed by atoms with Crippen LogP contribution in [0.2, 0.25) is 0 Å². The number of nitrogens with one attached hydrogen (secondary N) is 1. The minimum Gasteiger partial charge on any atom is -0.493 e. The first-order chi connectivity index (χ1) is 13.5. The van der Waals surface area contributed by atoms with E-state index in [1.807, 2.05) is 43.3 Å². The van der Waals surface area contributed by atoms with Gasteiger partial charge in [-0.1, -0.05) is 36.1 Å². The van der Waals surface area contributed by atoms with Crippen LogP contribution in [-0.2, 0) is 0 Å². The van der Waals surface area contributed by atoms with Crippen molar-refractivity contribution >= 4 is 22.6 Å². The lowest BCUT2D eigenvalue weighted by molar-refractivity contribution is 0.0955. The lowest BCUT2D eigenvalue weighted by Gasteiger charge is -2.13. The largest absolute Gasteiger partial charge is 0.493 e. The summed E-state index contributed by atoms with van der Waals surface area (Å²) in [5, 5.41) is 3.24. The van der Waals surface area contributed by atoms with Crippen molar-refractivity contribution in [1.29, 1.82) is 0 Å². The molecule has 0 atom stereocenters. The van der Waals surface area contributed by atoms with E-state index >= 15 is 0 Å². The maximum atomic E-state index is 12.4. The molecule has 3 rings (SSSR count). The van der Waals surface area contributed by atoms with Gasteiger partial charge in [0, 0.05) is 25.0 Å². The van der Waals surface area contributed by atoms with Crippen molar-refractivity contribution in [1.82, 2.24) is 5.32 Å². The number of hydrogen-bond acceptors (Lipinski definition) is 5. The first-order valence-corrected chi connectivity index (χ1v) is 8.65. The fourth-order valence-corrected chi connectivity index (χ4v) is 2.77. The fourth-order valence-electron chi connectivity index (χ4n) is 2.77. The SMILES string of the molecule is COc1cccc2cc(C(=O)NCC#Cc3ccccc3N(C)C)c(=O)oc12. The normalized spacial score (nSPS) is 10.1. The molecule has 0 aliphatic rings. The number of carbonyl (C=O) groups is 1. The number of methoxy groups -OCH3 is 1. The third-order valence-corrected chi connectivity index (χ3v) is 4.13. The lowest BCUT2D eigenvalue weighted by Crippen LogP contribution is -2.28. The van der Waals surface area contributed by atoms with E-state index in [1.165, 1.54) is 13.2 Å². The molecule has 0 aliphatic carbocycles. The molecule has 142 valence electrons. The maximum absolute atomic E-state index is 12.4. The summed E-state index contributed by atoms with van der Waals surface area (Å²) in [7, 11) is 5.37. The topological polar surface area (TPSA) is 71.8 Å². The number of anilines is 1. The maximum Gasteiger partial charge on any atom is 0.349 e. The zero-order chi connectivity index (χ0) is 20.1. The molecule has 1 N–H and O–H groups in total. The summed E-state index contributed by atoms with van der Waals surface area (Å²) in [6, 6.07) is 14.4. The predicted octanol–water partition coefficient (Wildman–Crippen LogP) is 2.65. The van der Waals surface area contributed by atoms with Crippen LogP contribution in [0.1, 0.15) is 15.9 Å². The molecule has 0 saturated heterocycles. The molecule has 6 heteroatoms. The summed E-state index contributed by atoms with van der Waals surface area (Å²) in [5.41, 5.74) is 1.37. The average molecular weight is 376 g/mol. The van der Waals surface area contributed by atoms with E-state index in [2.05, 4.69) is 17.2 Å². The molecule has 0 fully saturated rings. The summed E-state index contributed by atoms with van der Waals surface area (Å²) >= 11 is 0. The van der Waals surface area contributed by atoms with Crippen molar-refractivity contribution in [3.63, 3.8) is 0 Å². The van der Waals surface area contributed by atoms with Crippen molar-refractivity contribution in [3.05, 3.63) is 70.1 Å². The zero-order valence-corrected chi connectivity index (χ0v) is 15.9. The lowest BCUT2D eigenvalue weighted by atomic mass is 10.1. The van der Waals surface area contributed by atoms with Crippen LogP contribution >= 0.6 is 0 Å². The van der Waals surface area contributed by atoms with Crippen molar-refractivity contribution in [2.45, 2.75) is 0 Å². The van der Waals surface area contributed by atoms with Crippen LogP contribution in [0.15, 0.2) is 57.7 Å². The Bertz CT molecular complexity index is 1140. The van der Waals surface area contributed by atoms with Gasteiger partial charge in [0.2, 0.25) is 0 Å². The van der Waals surface area contributed by atoms with Crippen molar-refractivity contribution in [3.8, 4) is 17.6 Å². The minimum atomic E-state index is -0.722. The summed E-state index contributed by atoms with van der Waals surface area (Å²) in [5.74, 6) is 5.85. The van der Waals surface area contributed by atoms with E-state index in [1.54, 1.807) is 18.2 Å².